The SMILES string of the molecule is CCOC(C=O)(OCC)OCC. The van der Waals surface area contributed by atoms with E-state index >= 15 is 0 Å². The van der Waals surface area contributed by atoms with Gasteiger partial charge in [0.2, 0.25) is 6.29 Å². The van der Waals surface area contributed by atoms with Crippen molar-refractivity contribution in [3.05, 3.63) is 0 Å². The highest BCUT2D eigenvalue weighted by atomic mass is 16.9. The maximum Gasteiger partial charge on any atom is 0.343 e. The molecule has 0 rings (SSSR count). The Hall–Kier alpha value is -0.450. The van der Waals surface area contributed by atoms with Crippen LogP contribution in [-0.2, 0) is 19.0 Å². The van der Waals surface area contributed by atoms with E-state index in [1.165, 1.54) is 0 Å². The topological polar surface area (TPSA) is 44.8 Å². The number of ether oxygens (including phenoxy) is 3. The van der Waals surface area contributed by atoms with Gasteiger partial charge in [0.25, 0.3) is 0 Å². The zero-order chi connectivity index (χ0) is 9.45. The van der Waals surface area contributed by atoms with Crippen molar-refractivity contribution in [2.45, 2.75) is 26.7 Å². The van der Waals surface area contributed by atoms with Gasteiger partial charge < -0.3 is 14.2 Å². The van der Waals surface area contributed by atoms with Crippen LogP contribution >= 0.6 is 0 Å². The molecule has 0 aromatic carbocycles. The highest BCUT2D eigenvalue weighted by molar-refractivity contribution is 5.57. The van der Waals surface area contributed by atoms with Crippen LogP contribution in [0.3, 0.4) is 0 Å². The molecule has 0 aliphatic heterocycles. The van der Waals surface area contributed by atoms with Crippen LogP contribution in [0.25, 0.3) is 0 Å². The molecule has 0 unspecified atom stereocenters. The van der Waals surface area contributed by atoms with Gasteiger partial charge in [0.15, 0.2) is 0 Å². The van der Waals surface area contributed by atoms with E-state index in [2.05, 4.69) is 0 Å². The average Bonchev–Trinajstić information content (AvgIpc) is 2.06. The molecule has 0 aliphatic rings. The van der Waals surface area contributed by atoms with Crippen LogP contribution in [-0.4, -0.2) is 32.1 Å². The monoisotopic (exact) mass is 176 g/mol. The molecule has 0 aromatic rings. The quantitative estimate of drug-likeness (QED) is 0.428. The van der Waals surface area contributed by atoms with Gasteiger partial charge >= 0.3 is 5.97 Å². The fraction of sp³-hybridized carbons (Fsp3) is 0.875. The molecule has 0 amide bonds. The molecule has 0 radical (unpaired) electrons. The number of carbonyl (C=O) groups excluding carboxylic acids is 1. The van der Waals surface area contributed by atoms with Crippen molar-refractivity contribution in [3.8, 4) is 0 Å². The van der Waals surface area contributed by atoms with Gasteiger partial charge in [-0.05, 0) is 20.8 Å². The molecule has 72 valence electrons. The van der Waals surface area contributed by atoms with Gasteiger partial charge in [-0.3, -0.25) is 4.79 Å². The van der Waals surface area contributed by atoms with Gasteiger partial charge in [-0.15, -0.1) is 0 Å². The number of hydrogen-bond donors (Lipinski definition) is 0. The smallest absolute Gasteiger partial charge is 0.322 e. The molecule has 0 fully saturated rings. The summed E-state index contributed by atoms with van der Waals surface area (Å²) >= 11 is 0. The largest absolute Gasteiger partial charge is 0.343 e. The molecule has 4 nitrogen and oxygen atoms in total. The second-order valence-electron chi connectivity index (χ2n) is 2.02. The summed E-state index contributed by atoms with van der Waals surface area (Å²) in [6, 6.07) is 0. The first kappa shape index (κ1) is 11.6. The first-order chi connectivity index (χ1) is 5.74. The number of hydrogen-bond acceptors (Lipinski definition) is 4. The third-order valence-electron chi connectivity index (χ3n) is 1.18. The predicted octanol–water partition coefficient (Wildman–Crippen LogP) is 0.949. The third kappa shape index (κ3) is 3.30. The Morgan fingerprint density at radius 1 is 1.00 bits per heavy atom. The van der Waals surface area contributed by atoms with Gasteiger partial charge in [-0.25, -0.2) is 0 Å². The lowest BCUT2D eigenvalue weighted by molar-refractivity contribution is -0.343. The third-order valence-corrected chi connectivity index (χ3v) is 1.18. The summed E-state index contributed by atoms with van der Waals surface area (Å²) in [6.07, 6.45) is 0.531. The van der Waals surface area contributed by atoms with Crippen molar-refractivity contribution in [2.24, 2.45) is 0 Å². The molecule has 0 saturated carbocycles. The fourth-order valence-corrected chi connectivity index (χ4v) is 0.831. The summed E-state index contributed by atoms with van der Waals surface area (Å²) in [4.78, 5) is 10.6. The lowest BCUT2D eigenvalue weighted by Gasteiger charge is -2.26. The summed E-state index contributed by atoms with van der Waals surface area (Å²) in [5.41, 5.74) is 0. The van der Waals surface area contributed by atoms with Crippen molar-refractivity contribution in [1.82, 2.24) is 0 Å². The minimum absolute atomic E-state index is 0.374. The van der Waals surface area contributed by atoms with E-state index in [-0.39, 0.29) is 0 Å². The van der Waals surface area contributed by atoms with Crippen LogP contribution in [0, 0.1) is 0 Å². The van der Waals surface area contributed by atoms with Crippen LogP contribution in [0.4, 0.5) is 0 Å². The molecule has 0 spiro atoms. The maximum absolute atomic E-state index is 10.6. The zero-order valence-corrected chi connectivity index (χ0v) is 7.83. The molecule has 0 bridgehead atoms. The molecule has 4 heteroatoms. The van der Waals surface area contributed by atoms with Crippen LogP contribution < -0.4 is 0 Å². The summed E-state index contributed by atoms with van der Waals surface area (Å²) < 4.78 is 15.1. The van der Waals surface area contributed by atoms with Crippen molar-refractivity contribution in [2.75, 3.05) is 19.8 Å². The average molecular weight is 176 g/mol. The maximum atomic E-state index is 10.6. The number of carbonyl (C=O) groups is 1. The van der Waals surface area contributed by atoms with Crippen LogP contribution in [0.15, 0.2) is 0 Å². The zero-order valence-electron chi connectivity index (χ0n) is 7.83. The molecule has 0 atom stereocenters. The highest BCUT2D eigenvalue weighted by Crippen LogP contribution is 2.11. The molecule has 0 aromatic heterocycles. The molecule has 12 heavy (non-hydrogen) atoms. The van der Waals surface area contributed by atoms with Gasteiger partial charge in [-0.1, -0.05) is 0 Å². The van der Waals surface area contributed by atoms with E-state index in [0.717, 1.165) is 0 Å². The van der Waals surface area contributed by atoms with Crippen LogP contribution in [0.5, 0.6) is 0 Å². The Labute approximate surface area is 72.8 Å². The first-order valence-corrected chi connectivity index (χ1v) is 4.12. The molecular formula is C8H16O4. The normalized spacial score (nSPS) is 11.6. The Balaban J connectivity index is 4.16. The summed E-state index contributed by atoms with van der Waals surface area (Å²) in [5.74, 6) is -1.49. The minimum Gasteiger partial charge on any atom is -0.322 e. The number of aldehydes is 1. The standard InChI is InChI=1S/C8H16O4/c1-4-10-8(7-9,11-5-2)12-6-3/h7H,4-6H2,1-3H3. The van der Waals surface area contributed by atoms with Crippen molar-refractivity contribution in [1.29, 1.82) is 0 Å². The highest BCUT2D eigenvalue weighted by Gasteiger charge is 2.31. The predicted molar refractivity (Wildman–Crippen MR) is 43.7 cm³/mol. The lowest BCUT2D eigenvalue weighted by Crippen LogP contribution is -2.41. The van der Waals surface area contributed by atoms with Crippen molar-refractivity contribution < 1.29 is 19.0 Å². The molecule has 0 aliphatic carbocycles. The Kier molecular flexibility index (Phi) is 5.88. The fourth-order valence-electron chi connectivity index (χ4n) is 0.831. The molecule has 0 saturated heterocycles. The van der Waals surface area contributed by atoms with Gasteiger partial charge in [-0.2, -0.15) is 0 Å². The summed E-state index contributed by atoms with van der Waals surface area (Å²) in [6.45, 7) is 6.44. The number of rotatable bonds is 7. The van der Waals surface area contributed by atoms with Crippen molar-refractivity contribution >= 4 is 6.29 Å². The van der Waals surface area contributed by atoms with E-state index in [0.29, 0.717) is 26.1 Å². The minimum atomic E-state index is -1.49. The van der Waals surface area contributed by atoms with Crippen LogP contribution in [0.2, 0.25) is 0 Å². The molecule has 0 heterocycles. The Morgan fingerprint density at radius 2 is 1.33 bits per heavy atom. The van der Waals surface area contributed by atoms with Gasteiger partial charge in [0, 0.05) is 0 Å². The first-order valence-electron chi connectivity index (χ1n) is 4.12. The van der Waals surface area contributed by atoms with E-state index in [1.54, 1.807) is 20.8 Å². The van der Waals surface area contributed by atoms with E-state index in [9.17, 15) is 4.79 Å². The van der Waals surface area contributed by atoms with E-state index < -0.39 is 5.97 Å². The van der Waals surface area contributed by atoms with Gasteiger partial charge in [0.05, 0.1) is 19.8 Å². The molecule has 0 N–H and O–H groups in total. The summed E-state index contributed by atoms with van der Waals surface area (Å²) in [5, 5.41) is 0. The Morgan fingerprint density at radius 3 is 1.50 bits per heavy atom. The van der Waals surface area contributed by atoms with E-state index in [1.807, 2.05) is 0 Å². The Bertz CT molecular complexity index is 107. The summed E-state index contributed by atoms with van der Waals surface area (Å²) in [7, 11) is 0. The lowest BCUT2D eigenvalue weighted by atomic mass is 10.6. The second kappa shape index (κ2) is 6.11. The second-order valence-corrected chi connectivity index (χ2v) is 2.02. The van der Waals surface area contributed by atoms with E-state index in [4.69, 9.17) is 14.2 Å². The molecular weight excluding hydrogens is 160 g/mol. The van der Waals surface area contributed by atoms with Crippen molar-refractivity contribution in [3.63, 3.8) is 0 Å². The van der Waals surface area contributed by atoms with Gasteiger partial charge in [0.1, 0.15) is 0 Å². The van der Waals surface area contributed by atoms with Crippen LogP contribution in [0.1, 0.15) is 20.8 Å².